The molecule has 0 radical (unpaired) electrons. The average Bonchev–Trinajstić information content (AvgIpc) is 2.68. The fourth-order valence-electron chi connectivity index (χ4n) is 2.93. The molecule has 0 aliphatic carbocycles. The van der Waals surface area contributed by atoms with Gasteiger partial charge in [0, 0.05) is 29.3 Å². The van der Waals surface area contributed by atoms with E-state index < -0.39 is 21.4 Å². The number of carbonyl (C=O) groups is 2. The molecule has 0 aliphatic heterocycles. The molecule has 3 rings (SSSR count). The third kappa shape index (κ3) is 4.03. The van der Waals surface area contributed by atoms with Gasteiger partial charge in [-0.1, -0.05) is 0 Å². The highest BCUT2D eigenvalue weighted by Crippen LogP contribution is 2.19. The summed E-state index contributed by atoms with van der Waals surface area (Å²) in [5.74, 6) is -0.841. The van der Waals surface area contributed by atoms with Gasteiger partial charge in [0.2, 0.25) is 5.95 Å². The number of Topliss-reactive ketones (excluding diaryl/α,β-unsaturated/α-hetero) is 2. The largest absolute Gasteiger partial charge is 0.294 e. The minimum Gasteiger partial charge on any atom is -0.294 e. The predicted molar refractivity (Wildman–Crippen MR) is 110 cm³/mol. The minimum absolute atomic E-state index is 0.0704. The van der Waals surface area contributed by atoms with Crippen molar-refractivity contribution in [2.24, 2.45) is 0 Å². The molecular formula is C20H18N4O5S. The first-order chi connectivity index (χ1) is 14.1. The Labute approximate surface area is 172 Å². The van der Waals surface area contributed by atoms with Gasteiger partial charge in [0.15, 0.2) is 11.6 Å². The van der Waals surface area contributed by atoms with E-state index in [9.17, 15) is 22.8 Å². The SMILES string of the molecule is CC(=O)c1cc(C(C)=O)c(=O)n(-c2ccc(S(=O)(=O)Nc3ncccn3)cc2)c1C. The van der Waals surface area contributed by atoms with E-state index in [1.165, 1.54) is 61.1 Å². The van der Waals surface area contributed by atoms with Gasteiger partial charge in [-0.3, -0.25) is 19.0 Å². The molecule has 0 aliphatic rings. The maximum absolute atomic E-state index is 12.8. The highest BCUT2D eigenvalue weighted by Gasteiger charge is 2.20. The second kappa shape index (κ2) is 7.99. The smallest absolute Gasteiger partial charge is 0.266 e. The van der Waals surface area contributed by atoms with Crippen molar-refractivity contribution >= 4 is 27.5 Å². The first-order valence-electron chi connectivity index (χ1n) is 8.80. The molecular weight excluding hydrogens is 408 g/mol. The summed E-state index contributed by atoms with van der Waals surface area (Å²) >= 11 is 0. The molecule has 0 amide bonds. The van der Waals surface area contributed by atoms with Gasteiger partial charge < -0.3 is 0 Å². The molecule has 0 atom stereocenters. The third-order valence-corrected chi connectivity index (χ3v) is 5.75. The number of carbonyl (C=O) groups excluding carboxylic acids is 2. The molecule has 30 heavy (non-hydrogen) atoms. The number of hydrogen-bond acceptors (Lipinski definition) is 7. The molecule has 3 aromatic rings. The zero-order chi connectivity index (χ0) is 22.1. The zero-order valence-electron chi connectivity index (χ0n) is 16.4. The predicted octanol–water partition coefficient (Wildman–Crippen LogP) is 2.14. The van der Waals surface area contributed by atoms with E-state index in [1.54, 1.807) is 13.0 Å². The highest BCUT2D eigenvalue weighted by atomic mass is 32.2. The van der Waals surface area contributed by atoms with Crippen LogP contribution in [0.5, 0.6) is 0 Å². The molecule has 0 fully saturated rings. The number of nitrogens with one attached hydrogen (secondary N) is 1. The van der Waals surface area contributed by atoms with Crippen LogP contribution >= 0.6 is 0 Å². The standard InChI is InChI=1S/C20H18N4O5S/c1-12-17(13(2)25)11-18(14(3)26)19(27)24(12)15-5-7-16(8-6-15)30(28,29)23-20-21-9-4-10-22-20/h4-11H,1-3H3,(H,21,22,23). The van der Waals surface area contributed by atoms with Crippen molar-refractivity contribution in [3.63, 3.8) is 0 Å². The lowest BCUT2D eigenvalue weighted by Crippen LogP contribution is -2.28. The summed E-state index contributed by atoms with van der Waals surface area (Å²) in [5.41, 5.74) is 0.197. The van der Waals surface area contributed by atoms with Gasteiger partial charge in [-0.05, 0) is 57.2 Å². The zero-order valence-corrected chi connectivity index (χ0v) is 17.2. The van der Waals surface area contributed by atoms with Crippen LogP contribution in [0.2, 0.25) is 0 Å². The quantitative estimate of drug-likeness (QED) is 0.598. The maximum Gasteiger partial charge on any atom is 0.266 e. The number of hydrogen-bond donors (Lipinski definition) is 1. The van der Waals surface area contributed by atoms with Gasteiger partial charge in [-0.15, -0.1) is 0 Å². The van der Waals surface area contributed by atoms with Crippen molar-refractivity contribution in [2.45, 2.75) is 25.7 Å². The summed E-state index contributed by atoms with van der Waals surface area (Å²) in [5, 5.41) is 0. The van der Waals surface area contributed by atoms with Crippen LogP contribution in [0.25, 0.3) is 5.69 Å². The Morgan fingerprint density at radius 1 is 0.967 bits per heavy atom. The highest BCUT2D eigenvalue weighted by molar-refractivity contribution is 7.92. The molecule has 0 bridgehead atoms. The summed E-state index contributed by atoms with van der Waals surface area (Å²) in [6, 6.07) is 8.30. The number of benzene rings is 1. The number of pyridine rings is 1. The van der Waals surface area contributed by atoms with E-state index in [4.69, 9.17) is 0 Å². The Bertz CT molecular complexity index is 1300. The molecule has 2 aromatic heterocycles. The number of aromatic nitrogens is 3. The van der Waals surface area contributed by atoms with Crippen LogP contribution in [0.4, 0.5) is 5.95 Å². The van der Waals surface area contributed by atoms with Crippen molar-refractivity contribution in [1.82, 2.24) is 14.5 Å². The van der Waals surface area contributed by atoms with E-state index in [0.29, 0.717) is 11.4 Å². The van der Waals surface area contributed by atoms with Gasteiger partial charge in [0.05, 0.1) is 10.5 Å². The lowest BCUT2D eigenvalue weighted by molar-refractivity contribution is 0.101. The van der Waals surface area contributed by atoms with Crippen LogP contribution < -0.4 is 10.3 Å². The van der Waals surface area contributed by atoms with Crippen LogP contribution in [0.1, 0.15) is 40.3 Å². The summed E-state index contributed by atoms with van der Waals surface area (Å²) in [7, 11) is -3.95. The van der Waals surface area contributed by atoms with Crippen molar-refractivity contribution in [3.05, 3.63) is 76.0 Å². The Hall–Kier alpha value is -3.66. The molecule has 0 unspecified atom stereocenters. The van der Waals surface area contributed by atoms with Gasteiger partial charge in [0.1, 0.15) is 0 Å². The first kappa shape index (κ1) is 21.1. The van der Waals surface area contributed by atoms with Crippen LogP contribution in [-0.4, -0.2) is 34.5 Å². The first-order valence-corrected chi connectivity index (χ1v) is 10.3. The van der Waals surface area contributed by atoms with Crippen molar-refractivity contribution in [3.8, 4) is 5.69 Å². The molecule has 9 nitrogen and oxygen atoms in total. The van der Waals surface area contributed by atoms with Gasteiger partial charge in [-0.2, -0.15) is 0 Å². The molecule has 1 aromatic carbocycles. The van der Waals surface area contributed by atoms with E-state index >= 15 is 0 Å². The molecule has 10 heteroatoms. The number of nitrogens with zero attached hydrogens (tertiary/aromatic N) is 3. The summed E-state index contributed by atoms with van der Waals surface area (Å²) in [4.78, 5) is 44.2. The molecule has 0 saturated carbocycles. The van der Waals surface area contributed by atoms with E-state index in [0.717, 1.165) is 0 Å². The molecule has 2 heterocycles. The van der Waals surface area contributed by atoms with E-state index in [-0.39, 0.29) is 27.8 Å². The van der Waals surface area contributed by atoms with Crippen LogP contribution in [0.3, 0.4) is 0 Å². The number of sulfonamides is 1. The lowest BCUT2D eigenvalue weighted by Gasteiger charge is -2.15. The normalized spacial score (nSPS) is 11.2. The monoisotopic (exact) mass is 426 g/mol. The molecule has 0 spiro atoms. The lowest BCUT2D eigenvalue weighted by atomic mass is 10.0. The Kier molecular flexibility index (Phi) is 5.61. The summed E-state index contributed by atoms with van der Waals surface area (Å²) in [6.07, 6.45) is 2.80. The molecule has 1 N–H and O–H groups in total. The Morgan fingerprint density at radius 2 is 1.53 bits per heavy atom. The molecule has 0 saturated heterocycles. The average molecular weight is 426 g/mol. The number of rotatable bonds is 6. The second-order valence-electron chi connectivity index (χ2n) is 6.48. The maximum atomic E-state index is 12.8. The van der Waals surface area contributed by atoms with E-state index in [2.05, 4.69) is 14.7 Å². The van der Waals surface area contributed by atoms with Gasteiger partial charge >= 0.3 is 0 Å². The fourth-order valence-corrected chi connectivity index (χ4v) is 3.89. The Balaban J connectivity index is 2.08. The summed E-state index contributed by atoms with van der Waals surface area (Å²) in [6.45, 7) is 4.17. The van der Waals surface area contributed by atoms with Crippen LogP contribution in [-0.2, 0) is 10.0 Å². The minimum atomic E-state index is -3.95. The number of anilines is 1. The van der Waals surface area contributed by atoms with Gasteiger partial charge in [-0.25, -0.2) is 23.1 Å². The third-order valence-electron chi connectivity index (χ3n) is 4.40. The van der Waals surface area contributed by atoms with Gasteiger partial charge in [0.25, 0.3) is 15.6 Å². The molecule has 154 valence electrons. The van der Waals surface area contributed by atoms with E-state index in [1.807, 2.05) is 0 Å². The van der Waals surface area contributed by atoms with Crippen molar-refractivity contribution in [1.29, 1.82) is 0 Å². The Morgan fingerprint density at radius 3 is 2.07 bits per heavy atom. The van der Waals surface area contributed by atoms with Crippen LogP contribution in [0.15, 0.2) is 58.5 Å². The van der Waals surface area contributed by atoms with Crippen molar-refractivity contribution < 1.29 is 18.0 Å². The second-order valence-corrected chi connectivity index (χ2v) is 8.16. The summed E-state index contributed by atoms with van der Waals surface area (Å²) < 4.78 is 28.5. The fraction of sp³-hybridized carbons (Fsp3) is 0.150. The topological polar surface area (TPSA) is 128 Å². The van der Waals surface area contributed by atoms with Crippen LogP contribution in [0, 0.1) is 6.92 Å². The van der Waals surface area contributed by atoms with Crippen molar-refractivity contribution in [2.75, 3.05) is 4.72 Å². The number of ketones is 2.